The van der Waals surface area contributed by atoms with Gasteiger partial charge in [0.25, 0.3) is 0 Å². The Morgan fingerprint density at radius 3 is 1.53 bits per heavy atom. The average molecular weight is 1250 g/mol. The minimum atomic E-state index is -3.61. The summed E-state index contributed by atoms with van der Waals surface area (Å²) in [5.74, 6) is -4.21. The number of benzene rings is 2. The molecule has 6 fully saturated rings. The number of likely N-dealkylation sites (tertiary alicyclic amines) is 2. The SMILES string of the molecule is C=C[C@@H]1C[C@]1(NC(=O)[C@@H]1C[C@@H](Oc2cc3c(Cl)nccc3cc2OC)CN1C(=O)OC(C)(C)C)C(=O)CS(=O)(=O)C1CC1.C=C[C@@H]1C[C@]1(NC(=O)[C@@H]1C[C@@H](Oc2nccc3cc(OC)c(F)cc23)CN1C(=O)OC(C)(C)C)C(=O)CS(=O)(=O)C1CC1. The van der Waals surface area contributed by atoms with E-state index in [1.54, 1.807) is 78.1 Å². The molecular formula is C60H72ClFN6O16S2. The molecule has 4 saturated carbocycles. The number of pyridine rings is 2. The number of amides is 4. The maximum Gasteiger partial charge on any atom is 0.411 e. The molecule has 2 aromatic heterocycles. The second-order valence-corrected chi connectivity index (χ2v) is 29.7. The lowest BCUT2D eigenvalue weighted by Crippen LogP contribution is -2.54. The van der Waals surface area contributed by atoms with Gasteiger partial charge in [-0.3, -0.25) is 29.0 Å². The van der Waals surface area contributed by atoms with E-state index < -0.39 is 141 Å². The largest absolute Gasteiger partial charge is 0.494 e. The van der Waals surface area contributed by atoms with Crippen LogP contribution in [0, 0.1) is 17.7 Å². The molecule has 26 heteroatoms. The van der Waals surface area contributed by atoms with Crippen molar-refractivity contribution >= 4 is 88.4 Å². The van der Waals surface area contributed by atoms with Crippen molar-refractivity contribution in [3.63, 3.8) is 0 Å². The van der Waals surface area contributed by atoms with E-state index in [0.717, 1.165) is 5.39 Å². The van der Waals surface area contributed by atoms with Crippen LogP contribution in [-0.2, 0) is 48.3 Å². The number of carbonyl (C=O) groups excluding carboxylic acids is 6. The summed E-state index contributed by atoms with van der Waals surface area (Å²) in [5, 5.41) is 7.26. The van der Waals surface area contributed by atoms with Gasteiger partial charge < -0.3 is 39.1 Å². The Bertz CT molecular complexity index is 3640. The van der Waals surface area contributed by atoms with Crippen LogP contribution >= 0.6 is 11.6 Å². The maximum absolute atomic E-state index is 14.5. The van der Waals surface area contributed by atoms with Crippen molar-refractivity contribution in [1.29, 1.82) is 0 Å². The van der Waals surface area contributed by atoms with Gasteiger partial charge in [-0.2, -0.15) is 0 Å². The zero-order valence-electron chi connectivity index (χ0n) is 49.2. The highest BCUT2D eigenvalue weighted by Gasteiger charge is 2.63. The third-order valence-corrected chi connectivity index (χ3v) is 20.6. The lowest BCUT2D eigenvalue weighted by atomic mass is 10.1. The van der Waals surface area contributed by atoms with Crippen molar-refractivity contribution in [3.05, 3.63) is 85.1 Å². The number of nitrogens with zero attached hydrogens (tertiary/aromatic N) is 4. The van der Waals surface area contributed by atoms with Crippen LogP contribution in [0.15, 0.2) is 74.1 Å². The summed E-state index contributed by atoms with van der Waals surface area (Å²) in [7, 11) is -4.34. The molecule has 4 heterocycles. The van der Waals surface area contributed by atoms with Gasteiger partial charge in [-0.1, -0.05) is 23.8 Å². The van der Waals surface area contributed by atoms with Gasteiger partial charge in [0, 0.05) is 47.8 Å². The summed E-state index contributed by atoms with van der Waals surface area (Å²) in [6, 6.07) is 7.54. The van der Waals surface area contributed by atoms with Gasteiger partial charge in [-0.05, 0) is 127 Å². The lowest BCUT2D eigenvalue weighted by Gasteiger charge is -2.29. The predicted molar refractivity (Wildman–Crippen MR) is 315 cm³/mol. The molecule has 10 rings (SSSR count). The molecule has 0 unspecified atom stereocenters. The lowest BCUT2D eigenvalue weighted by molar-refractivity contribution is -0.130. The Hall–Kier alpha value is -7.12. The van der Waals surface area contributed by atoms with Crippen LogP contribution in [0.5, 0.6) is 23.1 Å². The number of sulfone groups is 2. The van der Waals surface area contributed by atoms with Crippen LogP contribution in [0.2, 0.25) is 5.15 Å². The molecule has 86 heavy (non-hydrogen) atoms. The van der Waals surface area contributed by atoms with Crippen LogP contribution in [0.25, 0.3) is 21.5 Å². The van der Waals surface area contributed by atoms with E-state index in [-0.39, 0.29) is 55.6 Å². The van der Waals surface area contributed by atoms with E-state index in [2.05, 4.69) is 33.8 Å². The Morgan fingerprint density at radius 2 is 1.10 bits per heavy atom. The van der Waals surface area contributed by atoms with Crippen LogP contribution in [0.3, 0.4) is 0 Å². The summed E-state index contributed by atoms with van der Waals surface area (Å²) in [4.78, 5) is 91.5. The molecule has 8 atom stereocenters. The van der Waals surface area contributed by atoms with Gasteiger partial charge in [-0.25, -0.2) is 40.8 Å². The molecule has 4 amide bonds. The zero-order chi connectivity index (χ0) is 62.6. The molecule has 6 aliphatic rings. The van der Waals surface area contributed by atoms with Crippen molar-refractivity contribution in [1.82, 2.24) is 30.4 Å². The van der Waals surface area contributed by atoms with E-state index in [4.69, 9.17) is 40.0 Å². The number of rotatable bonds is 20. The fraction of sp³-hybridized carbons (Fsp3) is 0.533. The Balaban J connectivity index is 0.000000205. The number of fused-ring (bicyclic) bond motifs is 2. The molecule has 4 aromatic rings. The first-order valence-electron chi connectivity index (χ1n) is 28.3. The number of carbonyl (C=O) groups is 6. The normalized spacial score (nSPS) is 25.2. The molecule has 0 spiro atoms. The van der Waals surface area contributed by atoms with Crippen LogP contribution in [-0.4, -0.2) is 168 Å². The number of ether oxygens (including phenoxy) is 6. The second kappa shape index (κ2) is 23.9. The van der Waals surface area contributed by atoms with Gasteiger partial charge in [0.2, 0.25) is 17.7 Å². The summed E-state index contributed by atoms with van der Waals surface area (Å²) in [5.41, 5.74) is -4.48. The van der Waals surface area contributed by atoms with Crippen molar-refractivity contribution in [2.45, 2.75) is 150 Å². The van der Waals surface area contributed by atoms with E-state index in [9.17, 15) is 50.0 Å². The number of aromatic nitrogens is 2. The Morgan fingerprint density at radius 1 is 0.663 bits per heavy atom. The first kappa shape index (κ1) is 63.4. The Labute approximate surface area is 503 Å². The standard InChI is InChI=1S/C30H36ClN3O8S.C30H36FN3O8S/c1-6-18-14-30(18,25(35)16-43(38,39)20-7-8-20)33-27(36)22-12-19(15-34(22)28(37)42-29(2,3)4)41-24-13-21-17(11-23(24)40-5)9-10-32-26(21)31;1-6-18-14-30(18,25(35)16-43(38,39)20-7-8-20)33-26(36)23-12-19(15-34(23)28(37)42-29(2,3)4)41-27-21-13-22(31)24(40-5)11-17(21)9-10-32-27/h6,9-11,13,18-20,22H,1,7-8,12,14-16H2,2-5H3,(H,33,36);6,9-11,13,18-20,23H,1,7-8,12,14-16H2,2-5H3,(H,33,36)/t18-,19-,22+,30-;18-,19-,23+,30-/m11/s1. The monoisotopic (exact) mass is 1250 g/mol. The number of hydrogen-bond acceptors (Lipinski definition) is 18. The first-order valence-corrected chi connectivity index (χ1v) is 32.1. The molecule has 0 bridgehead atoms. The smallest absolute Gasteiger partial charge is 0.411 e. The number of Topliss-reactive ketones (excluding diaryl/α,β-unsaturated/α-hetero) is 2. The van der Waals surface area contributed by atoms with Crippen molar-refractivity contribution in [2.24, 2.45) is 11.8 Å². The second-order valence-electron chi connectivity index (χ2n) is 24.8. The number of nitrogens with one attached hydrogen (secondary N) is 2. The van der Waals surface area contributed by atoms with Crippen LogP contribution < -0.4 is 29.6 Å². The van der Waals surface area contributed by atoms with E-state index in [1.165, 1.54) is 48.4 Å². The number of methoxy groups -OCH3 is 2. The van der Waals surface area contributed by atoms with E-state index >= 15 is 0 Å². The predicted octanol–water partition coefficient (Wildman–Crippen LogP) is 7.21. The minimum absolute atomic E-state index is 0.0108. The van der Waals surface area contributed by atoms with Gasteiger partial charge in [0.1, 0.15) is 63.2 Å². The fourth-order valence-electron chi connectivity index (χ4n) is 11.0. The quantitative estimate of drug-likeness (QED) is 0.0653. The summed E-state index contributed by atoms with van der Waals surface area (Å²) in [6.45, 7) is 17.7. The van der Waals surface area contributed by atoms with E-state index in [0.29, 0.717) is 53.3 Å². The maximum atomic E-state index is 14.5. The average Bonchev–Trinajstić information content (AvgIpc) is 1.61. The van der Waals surface area contributed by atoms with E-state index in [1.807, 2.05) is 0 Å². The molecular weight excluding hydrogens is 1180 g/mol. The summed E-state index contributed by atoms with van der Waals surface area (Å²) >= 11 is 6.31. The topological polar surface area (TPSA) is 282 Å². The minimum Gasteiger partial charge on any atom is -0.494 e. The molecule has 2 aliphatic heterocycles. The summed E-state index contributed by atoms with van der Waals surface area (Å²) in [6.07, 6.45) is 5.97. The van der Waals surface area contributed by atoms with Gasteiger partial charge >= 0.3 is 12.2 Å². The molecule has 2 N–H and O–H groups in total. The summed E-state index contributed by atoms with van der Waals surface area (Å²) < 4.78 is 99.0. The van der Waals surface area contributed by atoms with Crippen molar-refractivity contribution < 1.29 is 78.4 Å². The highest BCUT2D eigenvalue weighted by atomic mass is 35.5. The molecule has 464 valence electrons. The number of halogens is 2. The van der Waals surface area contributed by atoms with Gasteiger partial charge in [0.15, 0.2) is 54.3 Å². The van der Waals surface area contributed by atoms with Gasteiger partial charge in [0.05, 0.1) is 37.8 Å². The zero-order valence-corrected chi connectivity index (χ0v) is 51.6. The molecule has 22 nitrogen and oxygen atoms in total. The number of hydrogen-bond donors (Lipinski definition) is 2. The third kappa shape index (κ3) is 13.8. The van der Waals surface area contributed by atoms with Crippen LogP contribution in [0.4, 0.5) is 14.0 Å². The van der Waals surface area contributed by atoms with Gasteiger partial charge in [-0.15, -0.1) is 13.2 Å². The highest BCUT2D eigenvalue weighted by Crippen LogP contribution is 2.48. The molecule has 0 radical (unpaired) electrons. The molecule has 4 aliphatic carbocycles. The fourth-order valence-corrected chi connectivity index (χ4v) is 14.6. The number of ketones is 2. The molecule has 2 aromatic carbocycles. The van der Waals surface area contributed by atoms with Crippen molar-refractivity contribution in [3.8, 4) is 23.1 Å². The highest BCUT2D eigenvalue weighted by molar-refractivity contribution is 7.93. The Kier molecular flexibility index (Phi) is 17.6. The first-order chi connectivity index (χ1) is 40.3. The van der Waals surface area contributed by atoms with Crippen molar-refractivity contribution in [2.75, 3.05) is 38.8 Å². The third-order valence-electron chi connectivity index (χ3n) is 16.0. The van der Waals surface area contributed by atoms with Crippen LogP contribution in [0.1, 0.15) is 92.9 Å². The molecule has 2 saturated heterocycles.